The SMILES string of the molecule is CC[C@@H]1O[C@H](O[C@H]2[C@H](O)[C@@H](O)[C@H](O[C@H](CC[C@@H](C)C3CC[C@@]4(C)C5CC=C6C(CC[C@H](O[C@@H]7O[C@H](CO[C@@H]8O[C@H](CO)[C@@H](O)[C@H](O)[C@H]8O)[C@@H](O)[C@H](O)[C@H]7O)C6(C)C)[C@]5(C)[C@H](O)C[C@]34C)C(C)(C)O)O[C@@H]2CO[C@@H]2O[C@H](CO)[C@@H](O)[C@H](O)[C@H]2O)[C@@H](O)[C@H](O)[C@H]1O. The van der Waals surface area contributed by atoms with Crippen LogP contribution in [0.1, 0.15) is 120 Å². The van der Waals surface area contributed by atoms with Crippen LogP contribution in [0.2, 0.25) is 0 Å². The van der Waals surface area contributed by atoms with Gasteiger partial charge in [0.25, 0.3) is 0 Å². The largest absolute Gasteiger partial charge is 0.394 e. The van der Waals surface area contributed by atoms with Crippen molar-refractivity contribution in [2.24, 2.45) is 45.3 Å². The maximum atomic E-state index is 12.8. The first kappa shape index (κ1) is 71.9. The fourth-order valence-corrected chi connectivity index (χ4v) is 17.2. The van der Waals surface area contributed by atoms with Crippen LogP contribution in [-0.2, 0) is 47.4 Å². The van der Waals surface area contributed by atoms with E-state index in [4.69, 9.17) is 47.4 Å². The van der Waals surface area contributed by atoms with Gasteiger partial charge in [-0.1, -0.05) is 60.1 Å². The molecule has 28 nitrogen and oxygen atoms in total. The van der Waals surface area contributed by atoms with Crippen LogP contribution in [0.5, 0.6) is 0 Å². The van der Waals surface area contributed by atoms with Crippen LogP contribution in [0.15, 0.2) is 11.6 Å². The molecule has 516 valence electrons. The molecule has 9 rings (SSSR count). The molecule has 3 unspecified atom stereocenters. The molecule has 0 aromatic carbocycles. The summed E-state index contributed by atoms with van der Waals surface area (Å²) in [4.78, 5) is 0. The smallest absolute Gasteiger partial charge is 0.187 e. The van der Waals surface area contributed by atoms with E-state index in [2.05, 4.69) is 47.6 Å². The normalized spacial score (nSPS) is 51.8. The summed E-state index contributed by atoms with van der Waals surface area (Å²) in [6.07, 6.45) is -35.4. The molecular weight excluding hydrogens is 1180 g/mol. The fourth-order valence-electron chi connectivity index (χ4n) is 17.2. The van der Waals surface area contributed by atoms with Gasteiger partial charge in [0.1, 0.15) is 116 Å². The van der Waals surface area contributed by atoms with Gasteiger partial charge in [-0.3, -0.25) is 0 Å². The Hall–Kier alpha value is -1.38. The first-order valence-electron chi connectivity index (χ1n) is 31.9. The van der Waals surface area contributed by atoms with Gasteiger partial charge in [-0.05, 0) is 106 Å². The van der Waals surface area contributed by atoms with Gasteiger partial charge < -0.3 is 139 Å². The number of aliphatic hydroxyl groups excluding tert-OH is 17. The molecule has 28 heteroatoms. The van der Waals surface area contributed by atoms with E-state index in [-0.39, 0.29) is 47.3 Å². The van der Waals surface area contributed by atoms with E-state index < -0.39 is 215 Å². The molecule has 35 atom stereocenters. The summed E-state index contributed by atoms with van der Waals surface area (Å²) in [5.74, 6) is 0.107. The molecule has 0 spiro atoms. The Labute approximate surface area is 518 Å². The Morgan fingerprint density at radius 2 is 1.01 bits per heavy atom. The molecule has 9 aliphatic rings. The zero-order chi connectivity index (χ0) is 65.5. The number of ether oxygens (including phenoxy) is 10. The Balaban J connectivity index is 0.865. The Morgan fingerprint density at radius 1 is 0.539 bits per heavy atom. The topological polar surface area (TPSA) is 456 Å². The van der Waals surface area contributed by atoms with Crippen LogP contribution < -0.4 is 0 Å². The number of allylic oxidation sites excluding steroid dienone is 1. The van der Waals surface area contributed by atoms with Crippen LogP contribution in [0.4, 0.5) is 0 Å². The molecule has 0 aromatic heterocycles. The molecule has 3 saturated carbocycles. The summed E-state index contributed by atoms with van der Waals surface area (Å²) in [6, 6.07) is 0. The Morgan fingerprint density at radius 3 is 1.55 bits per heavy atom. The zero-order valence-corrected chi connectivity index (χ0v) is 52.4. The van der Waals surface area contributed by atoms with Crippen LogP contribution in [-0.4, -0.2) is 296 Å². The van der Waals surface area contributed by atoms with Crippen molar-refractivity contribution in [3.8, 4) is 0 Å². The molecule has 0 amide bonds. The van der Waals surface area contributed by atoms with E-state index in [0.717, 1.165) is 18.4 Å². The van der Waals surface area contributed by atoms with Gasteiger partial charge >= 0.3 is 0 Å². The van der Waals surface area contributed by atoms with Gasteiger partial charge in [0, 0.05) is 10.8 Å². The van der Waals surface area contributed by atoms with E-state index >= 15 is 0 Å². The number of fused-ring (bicyclic) bond motifs is 5. The third-order valence-electron chi connectivity index (χ3n) is 23.1. The zero-order valence-electron chi connectivity index (χ0n) is 52.4. The molecule has 0 aromatic rings. The third-order valence-corrected chi connectivity index (χ3v) is 23.1. The van der Waals surface area contributed by atoms with Gasteiger partial charge in [-0.25, -0.2) is 0 Å². The molecular formula is C61H104O28. The standard InChI is InChI=1S/C61H104O28/c1-10-28-37(65)41(69)49(77)56(82-28)89-51-32(23-81-53-47(75)43(71)39(67)30(21-63)84-53)86-55(50(78)45(51)73)88-36(58(5,6)79)15-11-24(2)25-17-18-59(7)33-14-12-26-27(61(33,9)34(64)19-60(25,59)8)13-16-35(57(26,3)4)87-54-48(76)44(72)40(68)31(85-54)22-80-52-46(74)42(70)38(66)29(20-62)83-52/h12,24-25,27-56,62-79H,10-11,13-23H2,1-9H3/t24-,25?,27?,28+,29-,30-,31-,32-,33?,34-,35+,36-,37+,38-,39-,40-,41-,42+,43+,44+,45-,46-,47-,48-,49+,50-,51-,52-,53-,54+,55+,56-,59+,60-,61+/m1/s1. The van der Waals surface area contributed by atoms with Crippen molar-refractivity contribution >= 4 is 0 Å². The van der Waals surface area contributed by atoms with Crippen molar-refractivity contribution in [2.45, 2.75) is 298 Å². The highest BCUT2D eigenvalue weighted by molar-refractivity contribution is 5.32. The average Bonchev–Trinajstić information content (AvgIpc) is 1.67. The maximum Gasteiger partial charge on any atom is 0.187 e. The molecule has 5 aliphatic heterocycles. The van der Waals surface area contributed by atoms with Crippen molar-refractivity contribution in [2.75, 3.05) is 26.4 Å². The number of hydrogen-bond acceptors (Lipinski definition) is 28. The highest BCUT2D eigenvalue weighted by Crippen LogP contribution is 2.75. The van der Waals surface area contributed by atoms with Crippen molar-refractivity contribution in [1.82, 2.24) is 0 Å². The van der Waals surface area contributed by atoms with Crippen molar-refractivity contribution in [1.29, 1.82) is 0 Å². The van der Waals surface area contributed by atoms with E-state index in [1.165, 1.54) is 13.8 Å². The minimum atomic E-state index is -1.89. The predicted molar refractivity (Wildman–Crippen MR) is 303 cm³/mol. The predicted octanol–water partition coefficient (Wildman–Crippen LogP) is -3.99. The molecule has 5 heterocycles. The van der Waals surface area contributed by atoms with Crippen molar-refractivity contribution in [3.05, 3.63) is 11.6 Å². The summed E-state index contributed by atoms with van der Waals surface area (Å²) in [6.45, 7) is 15.3. The van der Waals surface area contributed by atoms with E-state index in [0.29, 0.717) is 32.1 Å². The third kappa shape index (κ3) is 13.1. The lowest BCUT2D eigenvalue weighted by Gasteiger charge is -2.67. The van der Waals surface area contributed by atoms with Gasteiger partial charge in [-0.2, -0.15) is 0 Å². The van der Waals surface area contributed by atoms with Crippen molar-refractivity contribution in [3.63, 3.8) is 0 Å². The second-order valence-corrected chi connectivity index (χ2v) is 28.9. The number of hydrogen-bond donors (Lipinski definition) is 18. The number of rotatable bonds is 20. The summed E-state index contributed by atoms with van der Waals surface area (Å²) < 4.78 is 59.7. The van der Waals surface area contributed by atoms with Crippen LogP contribution in [0, 0.1) is 45.3 Å². The van der Waals surface area contributed by atoms with Crippen LogP contribution in [0.3, 0.4) is 0 Å². The molecule has 0 radical (unpaired) electrons. The lowest BCUT2D eigenvalue weighted by atomic mass is 9.38. The van der Waals surface area contributed by atoms with E-state index in [1.54, 1.807) is 6.92 Å². The lowest BCUT2D eigenvalue weighted by molar-refractivity contribution is -0.372. The second-order valence-electron chi connectivity index (χ2n) is 28.9. The monoisotopic (exact) mass is 1280 g/mol. The minimum absolute atomic E-state index is 0.00640. The molecule has 89 heavy (non-hydrogen) atoms. The minimum Gasteiger partial charge on any atom is -0.394 e. The highest BCUT2D eigenvalue weighted by Gasteiger charge is 2.70. The maximum absolute atomic E-state index is 12.8. The van der Waals surface area contributed by atoms with E-state index in [9.17, 15) is 91.9 Å². The Kier molecular flexibility index (Phi) is 22.3. The fraction of sp³-hybridized carbons (Fsp3) is 0.967. The van der Waals surface area contributed by atoms with Gasteiger partial charge in [0.05, 0.1) is 56.4 Å². The quantitative estimate of drug-likeness (QED) is 0.0517. The van der Waals surface area contributed by atoms with Crippen LogP contribution >= 0.6 is 0 Å². The average molecular weight is 1290 g/mol. The van der Waals surface area contributed by atoms with Gasteiger partial charge in [-0.15, -0.1) is 0 Å². The summed E-state index contributed by atoms with van der Waals surface area (Å²) in [7, 11) is 0. The summed E-state index contributed by atoms with van der Waals surface area (Å²) in [5.41, 5.74) is -2.31. The molecule has 5 saturated heterocycles. The first-order valence-corrected chi connectivity index (χ1v) is 31.9. The Bertz CT molecular complexity index is 2340. The highest BCUT2D eigenvalue weighted by atomic mass is 16.8. The summed E-state index contributed by atoms with van der Waals surface area (Å²) >= 11 is 0. The van der Waals surface area contributed by atoms with Crippen molar-refractivity contribution < 1.29 is 139 Å². The molecule has 4 aliphatic carbocycles. The lowest BCUT2D eigenvalue weighted by Crippen LogP contribution is -2.65. The first-order chi connectivity index (χ1) is 41.6. The van der Waals surface area contributed by atoms with Gasteiger partial charge in [0.15, 0.2) is 31.5 Å². The molecule has 0 bridgehead atoms. The molecule has 18 N–H and O–H groups in total. The molecule has 8 fully saturated rings. The second kappa shape index (κ2) is 27.6. The van der Waals surface area contributed by atoms with Crippen LogP contribution in [0.25, 0.3) is 0 Å². The number of aliphatic hydroxyl groups is 18. The van der Waals surface area contributed by atoms with Gasteiger partial charge in [0.2, 0.25) is 0 Å². The van der Waals surface area contributed by atoms with E-state index in [1.807, 2.05) is 0 Å². The summed E-state index contributed by atoms with van der Waals surface area (Å²) in [5, 5.41) is 196.